The minimum Gasteiger partial charge on any atom is -0.345 e. The molecular weight excluding hydrogens is 244 g/mol. The van der Waals surface area contributed by atoms with E-state index in [1.165, 1.54) is 0 Å². The van der Waals surface area contributed by atoms with E-state index in [1.807, 2.05) is 17.8 Å². The second-order valence-electron chi connectivity index (χ2n) is 4.16. The first-order chi connectivity index (χ1) is 9.24. The van der Waals surface area contributed by atoms with Gasteiger partial charge in [-0.05, 0) is 18.2 Å². The highest BCUT2D eigenvalue weighted by Crippen LogP contribution is 2.10. The number of hydrogen-bond donors (Lipinski definition) is 2. The summed E-state index contributed by atoms with van der Waals surface area (Å²) in [6, 6.07) is 5.18. The molecule has 1 aromatic carbocycles. The molecule has 2 N–H and O–H groups in total. The van der Waals surface area contributed by atoms with Crippen LogP contribution in [0.1, 0.15) is 16.2 Å². The fourth-order valence-electron chi connectivity index (χ4n) is 1.81. The van der Waals surface area contributed by atoms with Crippen LogP contribution in [0.25, 0.3) is 11.0 Å². The predicted molar refractivity (Wildman–Crippen MR) is 68.3 cm³/mol. The number of aryl methyl sites for hydroxylation is 1. The summed E-state index contributed by atoms with van der Waals surface area (Å²) < 4.78 is 1.86. The number of aromatic amines is 1. The van der Waals surface area contributed by atoms with Crippen LogP contribution in [0.3, 0.4) is 0 Å². The molecule has 0 aliphatic carbocycles. The van der Waals surface area contributed by atoms with Crippen molar-refractivity contribution in [3.63, 3.8) is 0 Å². The molecule has 0 atom stereocenters. The van der Waals surface area contributed by atoms with E-state index in [-0.39, 0.29) is 5.91 Å². The number of imidazole rings is 1. The van der Waals surface area contributed by atoms with Crippen molar-refractivity contribution < 1.29 is 4.79 Å². The Morgan fingerprint density at radius 1 is 1.37 bits per heavy atom. The average Bonchev–Trinajstić information content (AvgIpc) is 3.03. The van der Waals surface area contributed by atoms with Crippen LogP contribution in [0, 0.1) is 0 Å². The van der Waals surface area contributed by atoms with Gasteiger partial charge in [-0.15, -0.1) is 0 Å². The van der Waals surface area contributed by atoms with Crippen LogP contribution in [0.5, 0.6) is 0 Å². The number of nitrogens with one attached hydrogen (secondary N) is 2. The van der Waals surface area contributed by atoms with Gasteiger partial charge in [-0.2, -0.15) is 15.4 Å². The van der Waals surface area contributed by atoms with Crippen molar-refractivity contribution >= 4 is 16.9 Å². The highest BCUT2D eigenvalue weighted by molar-refractivity contribution is 5.97. The Hall–Kier alpha value is -2.70. The smallest absolute Gasteiger partial charge is 0.251 e. The van der Waals surface area contributed by atoms with Crippen LogP contribution < -0.4 is 5.32 Å². The van der Waals surface area contributed by atoms with Gasteiger partial charge in [0, 0.05) is 25.0 Å². The number of nitrogens with zero attached hydrogens (tertiary/aromatic N) is 4. The van der Waals surface area contributed by atoms with Crippen molar-refractivity contribution in [1.82, 2.24) is 30.3 Å². The molecule has 0 unspecified atom stereocenters. The molecule has 2 heterocycles. The quantitative estimate of drug-likeness (QED) is 0.719. The summed E-state index contributed by atoms with van der Waals surface area (Å²) in [5.74, 6) is 0.642. The van der Waals surface area contributed by atoms with Gasteiger partial charge < -0.3 is 9.88 Å². The maximum Gasteiger partial charge on any atom is 0.251 e. The van der Waals surface area contributed by atoms with E-state index in [0.29, 0.717) is 17.6 Å². The second-order valence-corrected chi connectivity index (χ2v) is 4.16. The van der Waals surface area contributed by atoms with E-state index in [4.69, 9.17) is 0 Å². The summed E-state index contributed by atoms with van der Waals surface area (Å²) in [6.45, 7) is 0.388. The standard InChI is InChI=1S/C12H12N6O/c1-18-5-4-13-11(18)7-14-12(19)8-2-3-9-10(6-8)16-17-15-9/h2-6H,7H2,1H3,(H,14,19)(H,15,16,17). The molecule has 0 saturated carbocycles. The lowest BCUT2D eigenvalue weighted by Crippen LogP contribution is -2.24. The maximum absolute atomic E-state index is 12.0. The van der Waals surface area contributed by atoms with Gasteiger partial charge in [-0.3, -0.25) is 4.79 Å². The number of carbonyl (C=O) groups is 1. The van der Waals surface area contributed by atoms with E-state index in [2.05, 4.69) is 25.7 Å². The monoisotopic (exact) mass is 256 g/mol. The zero-order valence-corrected chi connectivity index (χ0v) is 10.3. The summed E-state index contributed by atoms with van der Waals surface area (Å²) >= 11 is 0. The SMILES string of the molecule is Cn1ccnc1CNC(=O)c1ccc2n[nH]nc2c1. The Morgan fingerprint density at radius 3 is 3.00 bits per heavy atom. The molecule has 0 fully saturated rings. The number of carbonyl (C=O) groups excluding carboxylic acids is 1. The summed E-state index contributed by atoms with van der Waals surface area (Å²) in [5.41, 5.74) is 1.96. The van der Waals surface area contributed by atoms with E-state index < -0.39 is 0 Å². The van der Waals surface area contributed by atoms with Crippen LogP contribution in [-0.4, -0.2) is 30.9 Å². The Kier molecular flexibility index (Phi) is 2.71. The maximum atomic E-state index is 12.0. The largest absolute Gasteiger partial charge is 0.345 e. The highest BCUT2D eigenvalue weighted by atomic mass is 16.1. The minimum atomic E-state index is -0.159. The Bertz CT molecular complexity index is 728. The summed E-state index contributed by atoms with van der Waals surface area (Å²) in [5, 5.41) is 13.2. The molecule has 0 radical (unpaired) electrons. The van der Waals surface area contributed by atoms with E-state index in [9.17, 15) is 4.79 Å². The fourth-order valence-corrected chi connectivity index (χ4v) is 1.81. The van der Waals surface area contributed by atoms with Gasteiger partial charge in [0.25, 0.3) is 5.91 Å². The van der Waals surface area contributed by atoms with Gasteiger partial charge in [-0.25, -0.2) is 4.98 Å². The minimum absolute atomic E-state index is 0.159. The topological polar surface area (TPSA) is 88.5 Å². The summed E-state index contributed by atoms with van der Waals surface area (Å²) in [6.07, 6.45) is 3.53. The van der Waals surface area contributed by atoms with Crippen molar-refractivity contribution in [3.8, 4) is 0 Å². The summed E-state index contributed by atoms with van der Waals surface area (Å²) in [7, 11) is 1.88. The van der Waals surface area contributed by atoms with E-state index >= 15 is 0 Å². The normalized spacial score (nSPS) is 10.8. The first kappa shape index (κ1) is 11.4. The van der Waals surface area contributed by atoms with Gasteiger partial charge in [-0.1, -0.05) is 0 Å². The second kappa shape index (κ2) is 4.52. The van der Waals surface area contributed by atoms with Gasteiger partial charge in [0.15, 0.2) is 0 Å². The molecule has 0 spiro atoms. The number of aromatic nitrogens is 5. The molecule has 7 heteroatoms. The lowest BCUT2D eigenvalue weighted by Gasteiger charge is -2.05. The molecule has 2 aromatic heterocycles. The number of H-pyrrole nitrogens is 1. The van der Waals surface area contributed by atoms with Crippen molar-refractivity contribution in [2.75, 3.05) is 0 Å². The first-order valence-corrected chi connectivity index (χ1v) is 5.79. The van der Waals surface area contributed by atoms with Crippen LogP contribution >= 0.6 is 0 Å². The van der Waals surface area contributed by atoms with Crippen LogP contribution in [-0.2, 0) is 13.6 Å². The molecule has 3 aromatic rings. The van der Waals surface area contributed by atoms with E-state index in [0.717, 1.165) is 11.3 Å². The van der Waals surface area contributed by atoms with Crippen LogP contribution in [0.15, 0.2) is 30.6 Å². The highest BCUT2D eigenvalue weighted by Gasteiger charge is 2.08. The molecule has 96 valence electrons. The van der Waals surface area contributed by atoms with Crippen molar-refractivity contribution in [3.05, 3.63) is 42.0 Å². The molecule has 0 aliphatic heterocycles. The zero-order chi connectivity index (χ0) is 13.2. The molecule has 1 amide bonds. The predicted octanol–water partition coefficient (Wildman–Crippen LogP) is 0.621. The van der Waals surface area contributed by atoms with Gasteiger partial charge >= 0.3 is 0 Å². The third kappa shape index (κ3) is 2.17. The Labute approximate surface area is 108 Å². The number of amides is 1. The molecule has 0 bridgehead atoms. The molecule has 0 aliphatic rings. The number of hydrogen-bond acceptors (Lipinski definition) is 4. The molecule has 19 heavy (non-hydrogen) atoms. The van der Waals surface area contributed by atoms with Gasteiger partial charge in [0.1, 0.15) is 16.9 Å². The molecule has 3 rings (SSSR count). The molecular formula is C12H12N6O. The summed E-state index contributed by atoms with van der Waals surface area (Å²) in [4.78, 5) is 16.2. The third-order valence-electron chi connectivity index (χ3n) is 2.91. The van der Waals surface area contributed by atoms with Crippen molar-refractivity contribution in [2.45, 2.75) is 6.54 Å². The lowest BCUT2D eigenvalue weighted by atomic mass is 10.2. The van der Waals surface area contributed by atoms with E-state index in [1.54, 1.807) is 24.4 Å². The number of fused-ring (bicyclic) bond motifs is 1. The number of rotatable bonds is 3. The third-order valence-corrected chi connectivity index (χ3v) is 2.91. The lowest BCUT2D eigenvalue weighted by molar-refractivity contribution is 0.0949. The van der Waals surface area contributed by atoms with Crippen molar-refractivity contribution in [2.24, 2.45) is 7.05 Å². The number of benzene rings is 1. The molecule has 0 saturated heterocycles. The van der Waals surface area contributed by atoms with Crippen molar-refractivity contribution in [1.29, 1.82) is 0 Å². The first-order valence-electron chi connectivity index (χ1n) is 5.79. The fraction of sp³-hybridized carbons (Fsp3) is 0.167. The van der Waals surface area contributed by atoms with Crippen LogP contribution in [0.4, 0.5) is 0 Å². The van der Waals surface area contributed by atoms with Gasteiger partial charge in [0.05, 0.1) is 6.54 Å². The van der Waals surface area contributed by atoms with Gasteiger partial charge in [0.2, 0.25) is 0 Å². The Balaban J connectivity index is 1.74. The van der Waals surface area contributed by atoms with Crippen LogP contribution in [0.2, 0.25) is 0 Å². The Morgan fingerprint density at radius 2 is 2.21 bits per heavy atom. The molecule has 7 nitrogen and oxygen atoms in total. The zero-order valence-electron chi connectivity index (χ0n) is 10.3. The average molecular weight is 256 g/mol.